The Morgan fingerprint density at radius 2 is 2.35 bits per heavy atom. The Balaban J connectivity index is 1.87. The Hall–Kier alpha value is -1.73. The van der Waals surface area contributed by atoms with E-state index in [0.717, 1.165) is 12.1 Å². The standard InChI is InChI=1S/C10H13N5OS/c1-7-8(17-6-13-7)2-3-16-10-5-12-4-9(14-10)15-11/h4-6H,2-3,11H2,1H3,(H,14,15). The highest BCUT2D eigenvalue weighted by molar-refractivity contribution is 7.09. The van der Waals surface area contributed by atoms with Gasteiger partial charge in [-0.25, -0.2) is 10.8 Å². The number of hydrogen-bond acceptors (Lipinski definition) is 7. The summed E-state index contributed by atoms with van der Waals surface area (Å²) in [6, 6.07) is 0. The zero-order chi connectivity index (χ0) is 12.1. The van der Waals surface area contributed by atoms with E-state index in [2.05, 4.69) is 20.4 Å². The molecule has 0 aliphatic heterocycles. The number of hydrogen-bond donors (Lipinski definition) is 2. The third-order valence-electron chi connectivity index (χ3n) is 2.18. The van der Waals surface area contributed by atoms with Gasteiger partial charge in [-0.2, -0.15) is 4.98 Å². The molecule has 2 rings (SSSR count). The van der Waals surface area contributed by atoms with Crippen molar-refractivity contribution in [3.63, 3.8) is 0 Å². The van der Waals surface area contributed by atoms with Crippen LogP contribution in [0.3, 0.4) is 0 Å². The SMILES string of the molecule is Cc1ncsc1CCOc1cncc(NN)n1. The minimum Gasteiger partial charge on any atom is -0.476 e. The first-order chi connectivity index (χ1) is 8.29. The molecule has 0 aliphatic rings. The minimum atomic E-state index is 0.461. The predicted molar refractivity (Wildman–Crippen MR) is 65.9 cm³/mol. The number of ether oxygens (including phenoxy) is 1. The maximum Gasteiger partial charge on any atom is 0.234 e. The van der Waals surface area contributed by atoms with E-state index in [4.69, 9.17) is 10.6 Å². The number of nitrogens with one attached hydrogen (secondary N) is 1. The number of nitrogen functional groups attached to an aromatic ring is 1. The molecule has 0 aliphatic carbocycles. The fourth-order valence-corrected chi connectivity index (χ4v) is 2.06. The summed E-state index contributed by atoms with van der Waals surface area (Å²) in [6.45, 7) is 2.54. The van der Waals surface area contributed by atoms with Crippen molar-refractivity contribution in [2.24, 2.45) is 5.84 Å². The summed E-state index contributed by atoms with van der Waals surface area (Å²) in [6.07, 6.45) is 3.90. The van der Waals surface area contributed by atoms with Crippen molar-refractivity contribution in [3.05, 3.63) is 28.5 Å². The molecule has 0 unspecified atom stereocenters. The second-order valence-electron chi connectivity index (χ2n) is 3.35. The first-order valence-corrected chi connectivity index (χ1v) is 5.98. The highest BCUT2D eigenvalue weighted by Crippen LogP contribution is 2.14. The van der Waals surface area contributed by atoms with Gasteiger partial charge >= 0.3 is 0 Å². The van der Waals surface area contributed by atoms with Gasteiger partial charge in [0.1, 0.15) is 0 Å². The maximum absolute atomic E-state index is 5.49. The van der Waals surface area contributed by atoms with Crippen molar-refractivity contribution in [1.29, 1.82) is 0 Å². The summed E-state index contributed by atoms with van der Waals surface area (Å²) in [7, 11) is 0. The number of thiazole rings is 1. The summed E-state index contributed by atoms with van der Waals surface area (Å²) < 4.78 is 5.49. The lowest BCUT2D eigenvalue weighted by molar-refractivity contribution is 0.309. The van der Waals surface area contributed by atoms with Crippen LogP contribution in [-0.2, 0) is 6.42 Å². The Labute approximate surface area is 103 Å². The van der Waals surface area contributed by atoms with Crippen LogP contribution in [0.15, 0.2) is 17.9 Å². The van der Waals surface area contributed by atoms with Gasteiger partial charge in [0.25, 0.3) is 0 Å². The van der Waals surface area contributed by atoms with Crippen LogP contribution >= 0.6 is 11.3 Å². The van der Waals surface area contributed by atoms with Gasteiger partial charge in [0, 0.05) is 11.3 Å². The Morgan fingerprint density at radius 1 is 1.47 bits per heavy atom. The van der Waals surface area contributed by atoms with Crippen molar-refractivity contribution < 1.29 is 4.74 Å². The van der Waals surface area contributed by atoms with E-state index in [1.54, 1.807) is 17.5 Å². The molecule has 0 saturated carbocycles. The Morgan fingerprint density at radius 3 is 3.06 bits per heavy atom. The predicted octanol–water partition coefficient (Wildman–Crippen LogP) is 1.15. The van der Waals surface area contributed by atoms with Gasteiger partial charge in [-0.05, 0) is 6.92 Å². The van der Waals surface area contributed by atoms with E-state index in [9.17, 15) is 0 Å². The monoisotopic (exact) mass is 251 g/mol. The van der Waals surface area contributed by atoms with E-state index in [-0.39, 0.29) is 0 Å². The van der Waals surface area contributed by atoms with E-state index in [1.165, 1.54) is 11.1 Å². The van der Waals surface area contributed by atoms with Gasteiger partial charge in [0.05, 0.1) is 30.2 Å². The molecule has 2 aromatic rings. The molecule has 0 amide bonds. The molecule has 0 aromatic carbocycles. The summed E-state index contributed by atoms with van der Waals surface area (Å²) in [4.78, 5) is 13.5. The third kappa shape index (κ3) is 3.11. The van der Waals surface area contributed by atoms with E-state index in [0.29, 0.717) is 18.3 Å². The largest absolute Gasteiger partial charge is 0.476 e. The van der Waals surface area contributed by atoms with Crippen molar-refractivity contribution in [1.82, 2.24) is 15.0 Å². The first kappa shape index (κ1) is 11.7. The quantitative estimate of drug-likeness (QED) is 0.612. The van der Waals surface area contributed by atoms with E-state index in [1.807, 2.05) is 12.4 Å². The van der Waals surface area contributed by atoms with Crippen LogP contribution in [0, 0.1) is 6.92 Å². The number of aromatic nitrogens is 3. The molecule has 2 aromatic heterocycles. The van der Waals surface area contributed by atoms with E-state index < -0.39 is 0 Å². The molecule has 0 radical (unpaired) electrons. The zero-order valence-corrected chi connectivity index (χ0v) is 10.2. The van der Waals surface area contributed by atoms with Gasteiger partial charge in [0.15, 0.2) is 5.82 Å². The molecule has 7 heteroatoms. The molecule has 0 atom stereocenters. The molecule has 2 heterocycles. The van der Waals surface area contributed by atoms with Crippen LogP contribution in [0.4, 0.5) is 5.82 Å². The summed E-state index contributed by atoms with van der Waals surface area (Å²) in [5.41, 5.74) is 5.31. The van der Waals surface area contributed by atoms with Crippen molar-refractivity contribution in [2.75, 3.05) is 12.0 Å². The third-order valence-corrected chi connectivity index (χ3v) is 3.18. The van der Waals surface area contributed by atoms with Gasteiger partial charge in [0.2, 0.25) is 5.88 Å². The van der Waals surface area contributed by atoms with Crippen LogP contribution in [0.5, 0.6) is 5.88 Å². The Bertz CT molecular complexity index is 487. The molecule has 90 valence electrons. The van der Waals surface area contributed by atoms with Gasteiger partial charge in [-0.15, -0.1) is 11.3 Å². The van der Waals surface area contributed by atoms with Crippen LogP contribution in [-0.4, -0.2) is 21.6 Å². The lowest BCUT2D eigenvalue weighted by Gasteiger charge is -2.05. The highest BCUT2D eigenvalue weighted by atomic mass is 32.1. The maximum atomic E-state index is 5.49. The minimum absolute atomic E-state index is 0.461. The molecule has 0 spiro atoms. The highest BCUT2D eigenvalue weighted by Gasteiger charge is 2.03. The second-order valence-corrected chi connectivity index (χ2v) is 4.29. The molecule has 0 saturated heterocycles. The van der Waals surface area contributed by atoms with Gasteiger partial charge < -0.3 is 10.2 Å². The lowest BCUT2D eigenvalue weighted by atomic mass is 10.3. The number of anilines is 1. The van der Waals surface area contributed by atoms with Crippen LogP contribution in [0.25, 0.3) is 0 Å². The van der Waals surface area contributed by atoms with Crippen molar-refractivity contribution in [2.45, 2.75) is 13.3 Å². The molecule has 3 N–H and O–H groups in total. The molecule has 0 bridgehead atoms. The number of hydrazine groups is 1. The zero-order valence-electron chi connectivity index (χ0n) is 9.38. The summed E-state index contributed by atoms with van der Waals surface area (Å²) in [5, 5.41) is 0. The number of nitrogens with two attached hydrogens (primary N) is 1. The normalized spacial score (nSPS) is 10.2. The Kier molecular flexibility index (Phi) is 3.84. The fraction of sp³-hybridized carbons (Fsp3) is 0.300. The van der Waals surface area contributed by atoms with E-state index >= 15 is 0 Å². The topological polar surface area (TPSA) is 86.0 Å². The van der Waals surface area contributed by atoms with Gasteiger partial charge in [-0.3, -0.25) is 4.98 Å². The molecule has 17 heavy (non-hydrogen) atoms. The summed E-state index contributed by atoms with van der Waals surface area (Å²) in [5.74, 6) is 6.17. The molecule has 0 fully saturated rings. The van der Waals surface area contributed by atoms with Gasteiger partial charge in [-0.1, -0.05) is 0 Å². The number of aryl methyl sites for hydroxylation is 1. The van der Waals surface area contributed by atoms with Crippen molar-refractivity contribution in [3.8, 4) is 5.88 Å². The lowest BCUT2D eigenvalue weighted by Crippen LogP contribution is -2.10. The first-order valence-electron chi connectivity index (χ1n) is 5.10. The molecular weight excluding hydrogens is 238 g/mol. The average Bonchev–Trinajstić information content (AvgIpc) is 2.76. The fourth-order valence-electron chi connectivity index (χ4n) is 1.30. The molecule has 6 nitrogen and oxygen atoms in total. The average molecular weight is 251 g/mol. The summed E-state index contributed by atoms with van der Waals surface area (Å²) >= 11 is 1.63. The number of nitrogens with zero attached hydrogens (tertiary/aromatic N) is 3. The molecular formula is C10H13N5OS. The van der Waals surface area contributed by atoms with Crippen LogP contribution in [0.2, 0.25) is 0 Å². The smallest absolute Gasteiger partial charge is 0.234 e. The number of rotatable bonds is 5. The second kappa shape index (κ2) is 5.55. The van der Waals surface area contributed by atoms with Crippen LogP contribution < -0.4 is 16.0 Å². The van der Waals surface area contributed by atoms with Crippen LogP contribution in [0.1, 0.15) is 10.6 Å². The van der Waals surface area contributed by atoms with Crippen molar-refractivity contribution >= 4 is 17.2 Å².